The fourth-order valence-electron chi connectivity index (χ4n) is 3.47. The summed E-state index contributed by atoms with van der Waals surface area (Å²) in [6.45, 7) is 2.76. The summed E-state index contributed by atoms with van der Waals surface area (Å²) in [6.07, 6.45) is 8.81. The van der Waals surface area contributed by atoms with Gasteiger partial charge >= 0.3 is 0 Å². The van der Waals surface area contributed by atoms with Gasteiger partial charge in [0.05, 0.1) is 12.8 Å². The molecule has 0 heterocycles. The lowest BCUT2D eigenvalue weighted by Gasteiger charge is -2.08. The molecule has 3 aromatic carbocycles. The lowest BCUT2D eigenvalue weighted by atomic mass is 10.0. The maximum absolute atomic E-state index is 12.1. The molecule has 0 aromatic heterocycles. The van der Waals surface area contributed by atoms with Gasteiger partial charge in [0.1, 0.15) is 17.2 Å². The van der Waals surface area contributed by atoms with Crippen LogP contribution < -0.4 is 14.9 Å². The fraction of sp³-hybridized carbons (Fsp3) is 0.333. The average molecular weight is 449 g/mol. The number of phenols is 1. The van der Waals surface area contributed by atoms with Crippen LogP contribution in [0.15, 0.2) is 65.8 Å². The van der Waals surface area contributed by atoms with Gasteiger partial charge in [-0.3, -0.25) is 4.79 Å². The van der Waals surface area contributed by atoms with Crippen LogP contribution in [-0.2, 0) is 4.79 Å². The smallest absolute Gasteiger partial charge is 0.277 e. The molecular formula is C27H32N2O4. The van der Waals surface area contributed by atoms with Crippen LogP contribution in [-0.4, -0.2) is 30.4 Å². The van der Waals surface area contributed by atoms with Crippen molar-refractivity contribution in [2.45, 2.75) is 45.4 Å². The topological polar surface area (TPSA) is 80.2 Å². The highest BCUT2D eigenvalue weighted by molar-refractivity contribution is 6.02. The third-order valence-electron chi connectivity index (χ3n) is 5.29. The zero-order chi connectivity index (χ0) is 23.3. The van der Waals surface area contributed by atoms with Gasteiger partial charge in [-0.25, -0.2) is 5.43 Å². The molecule has 0 saturated carbocycles. The number of hydrazone groups is 1. The molecule has 1 amide bonds. The number of hydrogen-bond acceptors (Lipinski definition) is 5. The molecule has 0 aliphatic heterocycles. The van der Waals surface area contributed by atoms with Crippen LogP contribution in [0.5, 0.6) is 17.2 Å². The van der Waals surface area contributed by atoms with E-state index in [-0.39, 0.29) is 12.4 Å². The first-order valence-electron chi connectivity index (χ1n) is 11.6. The summed E-state index contributed by atoms with van der Waals surface area (Å²) in [4.78, 5) is 12.1. The zero-order valence-electron chi connectivity index (χ0n) is 19.1. The Bertz CT molecular complexity index is 1050. The molecule has 174 valence electrons. The van der Waals surface area contributed by atoms with E-state index < -0.39 is 5.91 Å². The summed E-state index contributed by atoms with van der Waals surface area (Å²) in [7, 11) is 0. The number of rotatable bonds is 13. The Balaban J connectivity index is 1.39. The first-order valence-corrected chi connectivity index (χ1v) is 11.6. The van der Waals surface area contributed by atoms with E-state index >= 15 is 0 Å². The number of benzene rings is 3. The molecule has 0 saturated heterocycles. The van der Waals surface area contributed by atoms with Gasteiger partial charge in [0.2, 0.25) is 0 Å². The standard InChI is InChI=1S/C27H32N2O4/c1-2-3-4-5-6-9-18-32-22-13-15-23(16-14-22)33-20-27(31)29-28-19-25-24-11-8-7-10-21(24)12-17-26(25)30/h7-8,10-17,19,30H,2-6,9,18,20H2,1H3,(H,29,31). The van der Waals surface area contributed by atoms with Gasteiger partial charge < -0.3 is 14.6 Å². The van der Waals surface area contributed by atoms with Crippen molar-refractivity contribution >= 4 is 22.9 Å². The summed E-state index contributed by atoms with van der Waals surface area (Å²) in [5.41, 5.74) is 2.97. The van der Waals surface area contributed by atoms with Crippen LogP contribution in [0.25, 0.3) is 10.8 Å². The average Bonchev–Trinajstić information content (AvgIpc) is 2.84. The number of unbranched alkanes of at least 4 members (excludes halogenated alkanes) is 5. The van der Waals surface area contributed by atoms with Crippen molar-refractivity contribution in [1.82, 2.24) is 5.43 Å². The summed E-state index contributed by atoms with van der Waals surface area (Å²) in [6, 6.07) is 18.3. The Labute approximate surface area is 195 Å². The summed E-state index contributed by atoms with van der Waals surface area (Å²) < 4.78 is 11.3. The molecule has 33 heavy (non-hydrogen) atoms. The number of nitrogens with zero attached hydrogens (tertiary/aromatic N) is 1. The van der Waals surface area contributed by atoms with Crippen LogP contribution in [0.3, 0.4) is 0 Å². The number of phenolic OH excluding ortho intramolecular Hbond substituents is 1. The van der Waals surface area contributed by atoms with Gasteiger partial charge in [-0.1, -0.05) is 69.4 Å². The van der Waals surface area contributed by atoms with Crippen molar-refractivity contribution in [1.29, 1.82) is 0 Å². The number of carbonyl (C=O) groups is 1. The largest absolute Gasteiger partial charge is 0.507 e. The quantitative estimate of drug-likeness (QED) is 0.196. The number of fused-ring (bicyclic) bond motifs is 1. The second-order valence-corrected chi connectivity index (χ2v) is 7.89. The Hall–Kier alpha value is -3.54. The summed E-state index contributed by atoms with van der Waals surface area (Å²) >= 11 is 0. The van der Waals surface area contributed by atoms with Crippen LogP contribution in [0.1, 0.15) is 51.0 Å². The third kappa shape index (κ3) is 7.83. The summed E-state index contributed by atoms with van der Waals surface area (Å²) in [5, 5.41) is 15.9. The maximum Gasteiger partial charge on any atom is 0.277 e. The minimum Gasteiger partial charge on any atom is -0.507 e. The van der Waals surface area contributed by atoms with E-state index in [4.69, 9.17) is 9.47 Å². The summed E-state index contributed by atoms with van der Waals surface area (Å²) in [5.74, 6) is 1.07. The molecule has 0 bridgehead atoms. The lowest BCUT2D eigenvalue weighted by molar-refractivity contribution is -0.123. The SMILES string of the molecule is CCCCCCCCOc1ccc(OCC(=O)NN=Cc2c(O)ccc3ccccc23)cc1. The molecule has 0 aliphatic rings. The van der Waals surface area contributed by atoms with E-state index in [1.807, 2.05) is 42.5 Å². The van der Waals surface area contributed by atoms with Crippen molar-refractivity contribution in [3.63, 3.8) is 0 Å². The Morgan fingerprint density at radius 2 is 1.61 bits per heavy atom. The van der Waals surface area contributed by atoms with Crippen LogP contribution in [0.4, 0.5) is 0 Å². The number of ether oxygens (including phenoxy) is 2. The van der Waals surface area contributed by atoms with Crippen LogP contribution in [0.2, 0.25) is 0 Å². The zero-order valence-corrected chi connectivity index (χ0v) is 19.1. The molecule has 6 heteroatoms. The molecule has 0 spiro atoms. The normalized spacial score (nSPS) is 11.1. The number of nitrogens with one attached hydrogen (secondary N) is 1. The molecule has 0 atom stereocenters. The second-order valence-electron chi connectivity index (χ2n) is 7.89. The Kier molecular flexibility index (Phi) is 9.58. The van der Waals surface area contributed by atoms with Gasteiger partial charge in [0, 0.05) is 5.56 Å². The number of amides is 1. The van der Waals surface area contributed by atoms with Crippen molar-refractivity contribution in [2.75, 3.05) is 13.2 Å². The molecule has 0 unspecified atom stereocenters. The fourth-order valence-corrected chi connectivity index (χ4v) is 3.47. The molecule has 2 N–H and O–H groups in total. The van der Waals surface area contributed by atoms with Gasteiger partial charge in [-0.05, 0) is 47.5 Å². The number of hydrogen-bond donors (Lipinski definition) is 2. The predicted octanol–water partition coefficient (Wildman–Crippen LogP) is 5.81. The molecule has 0 aliphatic carbocycles. The van der Waals surface area contributed by atoms with E-state index in [1.54, 1.807) is 18.2 Å². The molecule has 3 aromatic rings. The van der Waals surface area contributed by atoms with Crippen molar-refractivity contribution in [3.8, 4) is 17.2 Å². The van der Waals surface area contributed by atoms with E-state index in [9.17, 15) is 9.90 Å². The molecular weight excluding hydrogens is 416 g/mol. The number of carbonyl (C=O) groups excluding carboxylic acids is 1. The third-order valence-corrected chi connectivity index (χ3v) is 5.29. The molecule has 3 rings (SSSR count). The second kappa shape index (κ2) is 13.1. The Morgan fingerprint density at radius 1 is 0.909 bits per heavy atom. The monoisotopic (exact) mass is 448 g/mol. The lowest BCUT2D eigenvalue weighted by Crippen LogP contribution is -2.24. The van der Waals surface area contributed by atoms with Crippen molar-refractivity contribution < 1.29 is 19.4 Å². The minimum absolute atomic E-state index is 0.0988. The molecule has 0 fully saturated rings. The number of aromatic hydroxyl groups is 1. The highest BCUT2D eigenvalue weighted by Gasteiger charge is 2.06. The first kappa shape index (κ1) is 24.1. The van der Waals surface area contributed by atoms with E-state index in [2.05, 4.69) is 17.5 Å². The van der Waals surface area contributed by atoms with Gasteiger partial charge in [-0.2, -0.15) is 5.10 Å². The van der Waals surface area contributed by atoms with E-state index in [0.29, 0.717) is 17.9 Å². The van der Waals surface area contributed by atoms with E-state index in [0.717, 1.165) is 22.9 Å². The molecule has 0 radical (unpaired) electrons. The molecule has 6 nitrogen and oxygen atoms in total. The maximum atomic E-state index is 12.1. The first-order chi connectivity index (χ1) is 16.2. The Morgan fingerprint density at radius 3 is 2.39 bits per heavy atom. The minimum atomic E-state index is -0.394. The van der Waals surface area contributed by atoms with Crippen molar-refractivity contribution in [3.05, 3.63) is 66.2 Å². The highest BCUT2D eigenvalue weighted by atomic mass is 16.5. The van der Waals surface area contributed by atoms with Gasteiger partial charge in [0.15, 0.2) is 6.61 Å². The highest BCUT2D eigenvalue weighted by Crippen LogP contribution is 2.25. The van der Waals surface area contributed by atoms with Gasteiger partial charge in [0.25, 0.3) is 5.91 Å². The van der Waals surface area contributed by atoms with E-state index in [1.165, 1.54) is 38.3 Å². The van der Waals surface area contributed by atoms with Crippen LogP contribution in [0, 0.1) is 0 Å². The van der Waals surface area contributed by atoms with Crippen molar-refractivity contribution in [2.24, 2.45) is 5.10 Å². The van der Waals surface area contributed by atoms with Gasteiger partial charge in [-0.15, -0.1) is 0 Å². The van der Waals surface area contributed by atoms with Crippen LogP contribution >= 0.6 is 0 Å². The predicted molar refractivity (Wildman–Crippen MR) is 132 cm³/mol.